The van der Waals surface area contributed by atoms with Crippen LogP contribution >= 0.6 is 0 Å². The zero-order chi connectivity index (χ0) is 80.0. The molecule has 0 bridgehead atoms. The number of carboxylic acids is 1. The lowest BCUT2D eigenvalue weighted by atomic mass is 9.81. The fourth-order valence-corrected chi connectivity index (χ4v) is 11.8. The first-order chi connectivity index (χ1) is 48.7. The molecule has 30 heteroatoms. The number of ketones is 2. The van der Waals surface area contributed by atoms with Crippen molar-refractivity contribution in [2.75, 3.05) is 11.5 Å². The third-order valence-corrected chi connectivity index (χ3v) is 18.1. The van der Waals surface area contributed by atoms with E-state index in [4.69, 9.17) is 21.1 Å². The van der Waals surface area contributed by atoms with Crippen LogP contribution in [-0.4, -0.2) is 97.8 Å². The molecule has 2 aliphatic heterocycles. The second kappa shape index (κ2) is 29.8. The molecule has 4 atom stereocenters. The van der Waals surface area contributed by atoms with Crippen LogP contribution in [0.5, 0.6) is 0 Å². The zero-order valence-electron chi connectivity index (χ0n) is 57.5. The fraction of sp³-hybridized carbons (Fsp3) is 0.263. The van der Waals surface area contributed by atoms with Gasteiger partial charge in [0.1, 0.15) is 0 Å². The number of Topliss-reactive ketones (excluding diaryl/α,β-unsaturated/α-hetero) is 2. The molecule has 0 saturated heterocycles. The Labute approximate surface area is 594 Å². The number of alkyl halides is 12. The van der Waals surface area contributed by atoms with Crippen LogP contribution in [0.25, 0.3) is 44.5 Å². The molecule has 0 radical (unpaired) electrons. The van der Waals surface area contributed by atoms with Crippen LogP contribution in [0, 0.1) is 34.6 Å². The predicted molar refractivity (Wildman–Crippen MR) is 357 cm³/mol. The van der Waals surface area contributed by atoms with Gasteiger partial charge in [0.05, 0.1) is 27.8 Å². The second-order valence-corrected chi connectivity index (χ2v) is 25.6. The van der Waals surface area contributed by atoms with Gasteiger partial charge in [-0.2, -0.15) is 62.3 Å². The molecule has 0 fully saturated rings. The Morgan fingerprint density at radius 2 is 0.708 bits per heavy atom. The summed E-state index contributed by atoms with van der Waals surface area (Å²) in [7, 11) is 0. The van der Waals surface area contributed by atoms with Crippen LogP contribution in [0.2, 0.25) is 0 Å². The monoisotopic (exact) mass is 1490 g/mol. The van der Waals surface area contributed by atoms with Gasteiger partial charge in [-0.3, -0.25) is 9.59 Å². The third-order valence-electron chi connectivity index (χ3n) is 18.1. The number of rotatable bonds is 14. The van der Waals surface area contributed by atoms with Crippen LogP contribution in [0.1, 0.15) is 169 Å². The molecule has 0 aromatic heterocycles. The summed E-state index contributed by atoms with van der Waals surface area (Å²) in [4.78, 5) is 99.7. The first-order valence-electron chi connectivity index (χ1n) is 31.3. The average Bonchev–Trinajstić information content (AvgIpc) is 0.999. The van der Waals surface area contributed by atoms with Crippen LogP contribution < -0.4 is 11.5 Å². The minimum Gasteiger partial charge on any atom is -0.478 e. The molecule has 2 aliphatic rings. The van der Waals surface area contributed by atoms with Crippen molar-refractivity contribution in [3.63, 3.8) is 0 Å². The lowest BCUT2D eigenvalue weighted by Gasteiger charge is -2.31. The van der Waals surface area contributed by atoms with E-state index in [1.165, 1.54) is 113 Å². The van der Waals surface area contributed by atoms with E-state index in [0.717, 1.165) is 24.3 Å². The Bertz CT molecular complexity index is 4790. The highest BCUT2D eigenvalue weighted by Crippen LogP contribution is 2.49. The molecule has 9 N–H and O–H groups in total. The number of hydrogen-bond donors (Lipinski definition) is 7. The smallest absolute Gasteiger partial charge is 0.421 e. The average molecular weight is 1490 g/mol. The molecule has 18 nitrogen and oxygen atoms in total. The lowest BCUT2D eigenvalue weighted by molar-refractivity contribution is -0.259. The van der Waals surface area contributed by atoms with E-state index in [9.17, 15) is 112 Å². The Hall–Kier alpha value is -11.2. The summed E-state index contributed by atoms with van der Waals surface area (Å²) in [6.07, 6.45) is -20.6. The maximum absolute atomic E-state index is 14.3. The maximum Gasteiger partial charge on any atom is 0.421 e. The molecule has 8 aromatic carbocycles. The van der Waals surface area contributed by atoms with Crippen molar-refractivity contribution in [3.8, 4) is 44.5 Å². The number of aliphatic hydroxyl groups is 4. The molecule has 0 aliphatic carbocycles. The van der Waals surface area contributed by atoms with Gasteiger partial charge in [-0.1, -0.05) is 61.5 Å². The highest BCUT2D eigenvalue weighted by Gasteiger charge is 2.56. The number of carboxylic acid groups (broad SMARTS) is 1. The number of esters is 4. The standard InChI is InChI=1S/C39H36F6O6.C20H22F6N2O2.C16H6O6.CO2/c1-7-33(46)27-13-12-25(16-30(27)35(48)49)23-8-10-24(11-9-23)34(47)17-26-15-21(3)29(19-32(26)37(6,51)39(43,44)45)28-18-31(22(4)14-20(28)2)36(5,50)38(40,41)42;1-9-5-15(27)13(17(3,29)19(21,22)23)7-11(9)12-8-14(16(28)6-10(12)2)18(4,30)20(24,25)26;17-13-9-3-1-7(5-11(9)15(19)21-13)8-2-4-10-12(6-8)16(20)22-14(10)18;2-1-3/h8-16,18-19,50-51H,7,17H2,1-6H3,(H,48,49);5-8,29-30H,27-28H2,1-4H3;1-6H;. The van der Waals surface area contributed by atoms with Crippen LogP contribution in [0.15, 0.2) is 127 Å². The van der Waals surface area contributed by atoms with Gasteiger partial charge in [-0.05, 0) is 224 Å². The maximum atomic E-state index is 14.3. The Kier molecular flexibility index (Phi) is 23.1. The third kappa shape index (κ3) is 16.2. The van der Waals surface area contributed by atoms with Crippen LogP contribution in [-0.2, 0) is 47.9 Å². The summed E-state index contributed by atoms with van der Waals surface area (Å²) in [5.74, 6) is -4.99. The van der Waals surface area contributed by atoms with Crippen molar-refractivity contribution in [3.05, 3.63) is 222 Å². The van der Waals surface area contributed by atoms with Crippen molar-refractivity contribution in [1.29, 1.82) is 0 Å². The highest BCUT2D eigenvalue weighted by molar-refractivity contribution is 6.16. The number of halogens is 12. The Balaban J connectivity index is 0.000000239. The van der Waals surface area contributed by atoms with Gasteiger partial charge in [0.15, 0.2) is 34.0 Å². The number of fused-ring (bicyclic) bond motifs is 2. The molecule has 0 saturated carbocycles. The van der Waals surface area contributed by atoms with E-state index in [1.807, 2.05) is 0 Å². The summed E-state index contributed by atoms with van der Waals surface area (Å²) in [5, 5.41) is 51.0. The lowest BCUT2D eigenvalue weighted by Crippen LogP contribution is -2.40. The summed E-state index contributed by atoms with van der Waals surface area (Å²) in [6.45, 7) is 11.2. The number of benzene rings is 8. The minimum atomic E-state index is -5.21. The van der Waals surface area contributed by atoms with Gasteiger partial charge in [-0.25, -0.2) is 24.0 Å². The van der Waals surface area contributed by atoms with Crippen molar-refractivity contribution >= 4 is 58.9 Å². The Morgan fingerprint density at radius 1 is 0.387 bits per heavy atom. The number of aryl methyl sites for hydroxylation is 5. The number of nitrogen functional groups attached to an aromatic ring is 2. The summed E-state index contributed by atoms with van der Waals surface area (Å²) in [6, 6.07) is 28.6. The molecule has 10 rings (SSSR count). The quantitative estimate of drug-likeness (QED) is 0.0175. The van der Waals surface area contributed by atoms with Gasteiger partial charge in [0.25, 0.3) is 0 Å². The number of carbonyl (C=O) groups excluding carboxylic acids is 8. The topological polar surface area (TPSA) is 325 Å². The van der Waals surface area contributed by atoms with Crippen molar-refractivity contribution in [1.82, 2.24) is 0 Å². The molecular formula is C76H64F12N2O16. The number of anilines is 2. The number of hydrogen-bond acceptors (Lipinski definition) is 17. The number of carbonyl (C=O) groups is 7. The van der Waals surface area contributed by atoms with Crippen LogP contribution in [0.3, 0.4) is 0 Å². The summed E-state index contributed by atoms with van der Waals surface area (Å²) in [5.41, 5.74) is -0.307. The van der Waals surface area contributed by atoms with Crippen molar-refractivity contribution in [2.24, 2.45) is 0 Å². The zero-order valence-corrected chi connectivity index (χ0v) is 57.5. The first-order valence-corrected chi connectivity index (χ1v) is 31.3. The van der Waals surface area contributed by atoms with E-state index >= 15 is 0 Å². The largest absolute Gasteiger partial charge is 0.478 e. The van der Waals surface area contributed by atoms with E-state index in [-0.39, 0.29) is 102 Å². The number of ether oxygens (including phenoxy) is 2. The molecule has 2 heterocycles. The molecule has 558 valence electrons. The molecule has 0 amide bonds. The second-order valence-electron chi connectivity index (χ2n) is 25.6. The van der Waals surface area contributed by atoms with E-state index < -0.39 is 111 Å². The van der Waals surface area contributed by atoms with Crippen LogP contribution in [0.4, 0.5) is 64.1 Å². The molecule has 4 unspecified atom stereocenters. The molecular weight excluding hydrogens is 1420 g/mol. The van der Waals surface area contributed by atoms with Crippen molar-refractivity contribution < 1.29 is 131 Å². The van der Waals surface area contributed by atoms with Gasteiger partial charge in [-0.15, -0.1) is 0 Å². The number of aromatic carboxylic acids is 1. The Morgan fingerprint density at radius 3 is 1.09 bits per heavy atom. The summed E-state index contributed by atoms with van der Waals surface area (Å²) < 4.78 is 173. The SMILES string of the molecule is CCC(=O)c1ccc(-c2ccc(C(=O)Cc3cc(C)c(-c4cc(C(C)(O)C(F)(F)F)c(C)cc4C)cc3C(C)(O)C(F)(F)F)cc2)cc1C(=O)O.Cc1cc(N)c(C(C)(O)C(F)(F)F)cc1-c1cc(C(C)(O)C(F)(F)F)c(N)cc1C.O=C1OC(=O)c2cc(-c3ccc4c(c3)C(=O)OC4=O)ccc21.O=C=O. The number of nitrogens with two attached hydrogens (primary N) is 2. The predicted octanol–water partition coefficient (Wildman–Crippen LogP) is 15.3. The molecule has 106 heavy (non-hydrogen) atoms. The van der Waals surface area contributed by atoms with Gasteiger partial charge < -0.3 is 46.5 Å². The van der Waals surface area contributed by atoms with Gasteiger partial charge >= 0.3 is 60.7 Å². The van der Waals surface area contributed by atoms with Gasteiger partial charge in [0.2, 0.25) is 0 Å². The van der Waals surface area contributed by atoms with Crippen molar-refractivity contribution in [2.45, 2.75) is 129 Å². The molecule has 8 aromatic rings. The van der Waals surface area contributed by atoms with E-state index in [0.29, 0.717) is 72.2 Å². The fourth-order valence-electron chi connectivity index (χ4n) is 11.8. The molecule has 0 spiro atoms. The van der Waals surface area contributed by atoms with Gasteiger partial charge in [0, 0.05) is 46.5 Å². The summed E-state index contributed by atoms with van der Waals surface area (Å²) >= 11 is 0. The normalized spacial score (nSPS) is 15.0. The number of cyclic esters (lactones) is 4. The van der Waals surface area contributed by atoms with E-state index in [2.05, 4.69) is 9.47 Å². The van der Waals surface area contributed by atoms with E-state index in [1.54, 1.807) is 32.0 Å². The minimum absolute atomic E-state index is 0.0542. The highest BCUT2D eigenvalue weighted by atomic mass is 19.4. The first kappa shape index (κ1) is 82.1.